The monoisotopic (exact) mass is 1170 g/mol. The van der Waals surface area contributed by atoms with Gasteiger partial charge in [-0.1, -0.05) is 226 Å². The Labute approximate surface area is 463 Å². The molecule has 0 saturated heterocycles. The van der Waals surface area contributed by atoms with Gasteiger partial charge in [-0.25, -0.2) is 4.98 Å². The van der Waals surface area contributed by atoms with E-state index >= 15 is 0 Å². The number of para-hydroxylation sites is 1. The normalized spacial score (nSPS) is 12.2. The second-order valence-electron chi connectivity index (χ2n) is 23.0. The third kappa shape index (κ3) is 9.90. The van der Waals surface area contributed by atoms with Gasteiger partial charge in [0.15, 0.2) is 0 Å². The molecule has 0 saturated carbocycles. The minimum Gasteiger partial charge on any atom is -0.510 e. The second-order valence-corrected chi connectivity index (χ2v) is 23.0. The second kappa shape index (κ2) is 20.2. The largest absolute Gasteiger partial charge is 0.510 e. The van der Waals surface area contributed by atoms with E-state index in [4.69, 9.17) is 9.72 Å². The van der Waals surface area contributed by atoms with Crippen LogP contribution in [0, 0.1) is 18.5 Å². The van der Waals surface area contributed by atoms with E-state index < -0.39 is 5.41 Å². The van der Waals surface area contributed by atoms with Crippen molar-refractivity contribution in [1.29, 1.82) is 0 Å². The zero-order valence-corrected chi connectivity index (χ0v) is 47.4. The summed E-state index contributed by atoms with van der Waals surface area (Å²) in [6.45, 7) is 22.8. The molecule has 0 aliphatic rings. The van der Waals surface area contributed by atoms with Crippen molar-refractivity contribution in [3.63, 3.8) is 0 Å². The summed E-state index contributed by atoms with van der Waals surface area (Å²) in [5.41, 5.74) is 14.1. The average molecular weight is 1170 g/mol. The molecule has 8 aromatic carbocycles. The number of benzene rings is 8. The first-order chi connectivity index (χ1) is 35.9. The Morgan fingerprint density at radius 2 is 1.05 bits per heavy atom. The fourth-order valence-corrected chi connectivity index (χ4v) is 10.6. The van der Waals surface area contributed by atoms with E-state index in [9.17, 15) is 0 Å². The number of fused-ring (bicyclic) bond motifs is 3. The maximum absolute atomic E-state index is 7.15. The molecule has 76 heavy (non-hydrogen) atoms. The molecule has 0 N–H and O–H groups in total. The van der Waals surface area contributed by atoms with Crippen LogP contribution >= 0.6 is 0 Å². The van der Waals surface area contributed by atoms with Crippen LogP contribution in [0.2, 0.25) is 0 Å². The van der Waals surface area contributed by atoms with Crippen LogP contribution in [0.5, 0.6) is 11.5 Å². The topological polar surface area (TPSA) is 35.9 Å². The maximum atomic E-state index is 7.15. The molecule has 0 unspecified atom stereocenters. The molecule has 0 radical (unpaired) electrons. The first kappa shape index (κ1) is 51.9. The zero-order valence-electron chi connectivity index (χ0n) is 45.1. The number of imidazole rings is 1. The van der Waals surface area contributed by atoms with Gasteiger partial charge in [0.05, 0.1) is 11.4 Å². The molecule has 0 aliphatic heterocycles. The Bertz CT molecular complexity index is 3860. The molecule has 11 aromatic rings. The minimum absolute atomic E-state index is 0. The number of nitrogens with zero attached hydrogens (tertiary/aromatic N) is 4. The molecule has 3 heterocycles. The Morgan fingerprint density at radius 3 is 1.67 bits per heavy atom. The molecule has 382 valence electrons. The van der Waals surface area contributed by atoms with Gasteiger partial charge >= 0.3 is 0 Å². The molecule has 5 nitrogen and oxygen atoms in total. The summed E-state index contributed by atoms with van der Waals surface area (Å²) in [5.74, 6) is 2.00. The number of pyridine rings is 1. The Morgan fingerprint density at radius 1 is 0.487 bits per heavy atom. The standard InChI is InChI=1S/C70H64N4O.Pt/c1-67(2,3)54-35-36-71-65(42-54)74-62-34-24-23-33-60(62)66-61(68(4,5)6)44-59(45-63(66)74)75-58-40-51(49-27-17-12-18-28-49)38-56(43-58)72-46-64(70(9,10)53-31-21-14-22-32-53)73(47-72)57-39-50(48-25-15-11-16-26-48)37-55(41-57)69(7,8)52-29-19-13-20-30-52;/h11-42,44,46H,1-10H3;/q-2;. The first-order valence-corrected chi connectivity index (χ1v) is 26.1. The third-order valence-corrected chi connectivity index (χ3v) is 15.1. The molecule has 3 aromatic heterocycles. The van der Waals surface area contributed by atoms with Crippen LogP contribution in [0.4, 0.5) is 0 Å². The number of rotatable bonds is 11. The Hall–Kier alpha value is -7.59. The quantitative estimate of drug-likeness (QED) is 0.0956. The summed E-state index contributed by atoms with van der Waals surface area (Å²) in [7, 11) is 0. The smallest absolute Gasteiger partial charge is 0.267 e. The Kier molecular flexibility index (Phi) is 13.8. The van der Waals surface area contributed by atoms with E-state index in [1.807, 2.05) is 6.20 Å². The van der Waals surface area contributed by atoms with Crippen molar-refractivity contribution in [3.8, 4) is 50.9 Å². The van der Waals surface area contributed by atoms with Crippen LogP contribution in [0.15, 0.2) is 207 Å². The van der Waals surface area contributed by atoms with Crippen molar-refractivity contribution in [3.05, 3.63) is 258 Å². The van der Waals surface area contributed by atoms with Gasteiger partial charge in [0, 0.05) is 61.3 Å². The van der Waals surface area contributed by atoms with Crippen LogP contribution in [-0.4, -0.2) is 14.1 Å². The summed E-state index contributed by atoms with van der Waals surface area (Å²) >= 11 is 0. The van der Waals surface area contributed by atoms with E-state index in [1.165, 1.54) is 22.3 Å². The van der Waals surface area contributed by atoms with E-state index in [1.54, 1.807) is 0 Å². The molecule has 6 heteroatoms. The van der Waals surface area contributed by atoms with Crippen molar-refractivity contribution in [2.24, 2.45) is 0 Å². The van der Waals surface area contributed by atoms with Gasteiger partial charge in [0.1, 0.15) is 5.82 Å². The van der Waals surface area contributed by atoms with Crippen LogP contribution in [0.3, 0.4) is 0 Å². The van der Waals surface area contributed by atoms with Gasteiger partial charge in [-0.15, -0.1) is 35.4 Å². The van der Waals surface area contributed by atoms with E-state index in [0.717, 1.165) is 72.5 Å². The predicted molar refractivity (Wildman–Crippen MR) is 308 cm³/mol. The van der Waals surface area contributed by atoms with Gasteiger partial charge in [0.25, 0.3) is 6.33 Å². The fourth-order valence-electron chi connectivity index (χ4n) is 10.6. The van der Waals surface area contributed by atoms with Crippen molar-refractivity contribution in [1.82, 2.24) is 14.1 Å². The number of aromatic nitrogens is 4. The fraction of sp³-hybridized carbons (Fsp3) is 0.200. The van der Waals surface area contributed by atoms with E-state index in [0.29, 0.717) is 11.5 Å². The predicted octanol–water partition coefficient (Wildman–Crippen LogP) is 17.0. The molecule has 0 bridgehead atoms. The van der Waals surface area contributed by atoms with Crippen LogP contribution in [0.25, 0.3) is 61.3 Å². The number of hydrogen-bond donors (Lipinski definition) is 0. The summed E-state index contributed by atoms with van der Waals surface area (Å²) < 4.78 is 13.8. The summed E-state index contributed by atoms with van der Waals surface area (Å²) in [6, 6.07) is 76.7. The molecule has 0 fully saturated rings. The number of ether oxygens (including phenoxy) is 1. The molecular formula is C70H64N4OPt-2. The first-order valence-electron chi connectivity index (χ1n) is 26.1. The molecule has 0 aliphatic carbocycles. The number of hydrogen-bond acceptors (Lipinski definition) is 2. The Balaban J connectivity index is 0.00000657. The van der Waals surface area contributed by atoms with Crippen molar-refractivity contribution in [2.75, 3.05) is 0 Å². The van der Waals surface area contributed by atoms with Gasteiger partial charge in [-0.2, -0.15) is 6.07 Å². The van der Waals surface area contributed by atoms with Crippen LogP contribution in [-0.2, 0) is 42.7 Å². The third-order valence-electron chi connectivity index (χ3n) is 15.1. The van der Waals surface area contributed by atoms with Gasteiger partial charge in [-0.3, -0.25) is 4.57 Å². The van der Waals surface area contributed by atoms with Crippen LogP contribution < -0.4 is 9.30 Å². The molecule has 0 amide bonds. The van der Waals surface area contributed by atoms with E-state index in [2.05, 4.69) is 302 Å². The molecule has 0 spiro atoms. The van der Waals surface area contributed by atoms with Crippen molar-refractivity contribution in [2.45, 2.75) is 90.9 Å². The van der Waals surface area contributed by atoms with Gasteiger partial charge in [-0.05, 0) is 91.2 Å². The van der Waals surface area contributed by atoms with Gasteiger partial charge < -0.3 is 13.9 Å². The van der Waals surface area contributed by atoms with Crippen LogP contribution in [0.1, 0.15) is 103 Å². The summed E-state index contributed by atoms with van der Waals surface area (Å²) in [5, 5.41) is 2.29. The average Bonchev–Trinajstić information content (AvgIpc) is 4.04. The van der Waals surface area contributed by atoms with Gasteiger partial charge in [0.2, 0.25) is 0 Å². The summed E-state index contributed by atoms with van der Waals surface area (Å²) in [4.78, 5) is 5.00. The minimum atomic E-state index is -0.454. The van der Waals surface area contributed by atoms with E-state index in [-0.39, 0.29) is 37.3 Å². The zero-order chi connectivity index (χ0) is 52.3. The SMILES string of the molecule is CC(C)(C)c1ccnc(-n2c3[c-]c(Oc4[c-]c(-n5[c-][n+](-c6cc(-c7ccccc7)cc(C(C)(C)c7ccccc7)c6)c(C(C)(C)c6ccccc6)c5)cc(-c5ccccc5)c4)cc(C(C)(C)C)c3c3ccccc32)c1.[Pt]. The summed E-state index contributed by atoms with van der Waals surface area (Å²) in [6.07, 6.45) is 8.04. The molecular weight excluding hydrogens is 1110 g/mol. The maximum Gasteiger partial charge on any atom is 0.267 e. The van der Waals surface area contributed by atoms with Crippen molar-refractivity contribution >= 4 is 21.8 Å². The molecule has 0 atom stereocenters. The van der Waals surface area contributed by atoms with Crippen molar-refractivity contribution < 1.29 is 30.4 Å². The molecule has 11 rings (SSSR count).